The molecule has 0 aliphatic heterocycles. The summed E-state index contributed by atoms with van der Waals surface area (Å²) in [6, 6.07) is 2.35. The summed E-state index contributed by atoms with van der Waals surface area (Å²) in [6.07, 6.45) is 1.05. The van der Waals surface area contributed by atoms with E-state index in [0.29, 0.717) is 12.0 Å². The number of anilines is 2. The van der Waals surface area contributed by atoms with Gasteiger partial charge in [-0.2, -0.15) is 4.98 Å². The fraction of sp³-hybridized carbons (Fsp3) is 0.692. The van der Waals surface area contributed by atoms with Gasteiger partial charge in [-0.1, -0.05) is 6.92 Å². The number of aryl methyl sites for hydroxylation is 1. The number of rotatable bonds is 4. The third-order valence-electron chi connectivity index (χ3n) is 2.35. The molecule has 0 aliphatic carbocycles. The Labute approximate surface area is 104 Å². The van der Waals surface area contributed by atoms with Crippen molar-refractivity contribution < 1.29 is 0 Å². The first-order chi connectivity index (χ1) is 7.80. The summed E-state index contributed by atoms with van der Waals surface area (Å²) in [6.45, 7) is 12.6. The van der Waals surface area contributed by atoms with E-state index < -0.39 is 0 Å². The van der Waals surface area contributed by atoms with Crippen molar-refractivity contribution in [2.24, 2.45) is 0 Å². The second kappa shape index (κ2) is 5.34. The molecule has 1 heterocycles. The van der Waals surface area contributed by atoms with Crippen LogP contribution < -0.4 is 10.6 Å². The van der Waals surface area contributed by atoms with Crippen LogP contribution in [0.2, 0.25) is 0 Å². The lowest BCUT2D eigenvalue weighted by Gasteiger charge is -2.22. The quantitative estimate of drug-likeness (QED) is 0.843. The summed E-state index contributed by atoms with van der Waals surface area (Å²) < 4.78 is 0. The first-order valence-electron chi connectivity index (χ1n) is 6.20. The van der Waals surface area contributed by atoms with E-state index >= 15 is 0 Å². The number of aromatic nitrogens is 2. The van der Waals surface area contributed by atoms with Gasteiger partial charge in [0.2, 0.25) is 5.95 Å². The molecule has 4 nitrogen and oxygen atoms in total. The van der Waals surface area contributed by atoms with E-state index in [2.05, 4.69) is 55.2 Å². The topological polar surface area (TPSA) is 49.8 Å². The molecule has 1 rings (SSSR count). The van der Waals surface area contributed by atoms with Gasteiger partial charge in [0.1, 0.15) is 5.82 Å². The van der Waals surface area contributed by atoms with E-state index in [1.54, 1.807) is 0 Å². The maximum absolute atomic E-state index is 4.47. The predicted molar refractivity (Wildman–Crippen MR) is 73.5 cm³/mol. The Morgan fingerprint density at radius 3 is 2.47 bits per heavy atom. The summed E-state index contributed by atoms with van der Waals surface area (Å²) in [5.74, 6) is 1.57. The molecule has 1 aromatic rings. The van der Waals surface area contributed by atoms with Crippen LogP contribution in [0.5, 0.6) is 0 Å². The van der Waals surface area contributed by atoms with E-state index in [1.165, 1.54) is 0 Å². The van der Waals surface area contributed by atoms with Gasteiger partial charge in [0.15, 0.2) is 0 Å². The average molecular weight is 236 g/mol. The molecule has 1 atom stereocenters. The molecule has 0 aromatic carbocycles. The van der Waals surface area contributed by atoms with Gasteiger partial charge in [0.05, 0.1) is 0 Å². The highest BCUT2D eigenvalue weighted by Gasteiger charge is 2.12. The van der Waals surface area contributed by atoms with Crippen molar-refractivity contribution in [2.75, 3.05) is 10.6 Å². The van der Waals surface area contributed by atoms with Gasteiger partial charge in [-0.05, 0) is 41.0 Å². The highest BCUT2D eigenvalue weighted by atomic mass is 15.2. The van der Waals surface area contributed by atoms with Crippen molar-refractivity contribution in [3.63, 3.8) is 0 Å². The van der Waals surface area contributed by atoms with Gasteiger partial charge in [-0.15, -0.1) is 0 Å². The lowest BCUT2D eigenvalue weighted by Crippen LogP contribution is -2.27. The van der Waals surface area contributed by atoms with Crippen LogP contribution in [-0.4, -0.2) is 21.5 Å². The molecule has 0 aliphatic rings. The predicted octanol–water partition coefficient (Wildman–Crippen LogP) is 3.21. The molecular weight excluding hydrogens is 212 g/mol. The Balaban J connectivity index is 2.86. The first-order valence-corrected chi connectivity index (χ1v) is 6.20. The Kier molecular flexibility index (Phi) is 4.32. The van der Waals surface area contributed by atoms with E-state index in [9.17, 15) is 0 Å². The highest BCUT2D eigenvalue weighted by molar-refractivity contribution is 5.43. The summed E-state index contributed by atoms with van der Waals surface area (Å²) in [4.78, 5) is 8.86. The molecule has 17 heavy (non-hydrogen) atoms. The van der Waals surface area contributed by atoms with Crippen LogP contribution in [0.4, 0.5) is 11.8 Å². The molecule has 96 valence electrons. The molecule has 0 spiro atoms. The fourth-order valence-electron chi connectivity index (χ4n) is 1.40. The smallest absolute Gasteiger partial charge is 0.225 e. The third-order valence-corrected chi connectivity index (χ3v) is 2.35. The van der Waals surface area contributed by atoms with Crippen LogP contribution >= 0.6 is 0 Å². The number of hydrogen-bond donors (Lipinski definition) is 2. The monoisotopic (exact) mass is 236 g/mol. The summed E-state index contributed by atoms with van der Waals surface area (Å²) >= 11 is 0. The largest absolute Gasteiger partial charge is 0.365 e. The highest BCUT2D eigenvalue weighted by Crippen LogP contribution is 2.15. The minimum absolute atomic E-state index is 0.00837. The Bertz CT molecular complexity index is 368. The van der Waals surface area contributed by atoms with Gasteiger partial charge in [0, 0.05) is 23.3 Å². The SMILES string of the molecule is CCC(C)Nc1nc(C)cc(NC(C)(C)C)n1. The van der Waals surface area contributed by atoms with Crippen molar-refractivity contribution in [1.82, 2.24) is 9.97 Å². The second-order valence-corrected chi connectivity index (χ2v) is 5.55. The molecule has 1 aromatic heterocycles. The summed E-state index contributed by atoms with van der Waals surface area (Å²) in [5.41, 5.74) is 0.978. The van der Waals surface area contributed by atoms with Gasteiger partial charge in [-0.3, -0.25) is 0 Å². The first kappa shape index (κ1) is 13.7. The van der Waals surface area contributed by atoms with Crippen molar-refractivity contribution in [3.05, 3.63) is 11.8 Å². The Morgan fingerprint density at radius 1 is 1.29 bits per heavy atom. The van der Waals surface area contributed by atoms with Crippen molar-refractivity contribution in [3.8, 4) is 0 Å². The van der Waals surface area contributed by atoms with Gasteiger partial charge < -0.3 is 10.6 Å². The summed E-state index contributed by atoms with van der Waals surface area (Å²) in [7, 11) is 0. The van der Waals surface area contributed by atoms with Crippen LogP contribution in [0, 0.1) is 6.92 Å². The van der Waals surface area contributed by atoms with Crippen molar-refractivity contribution in [1.29, 1.82) is 0 Å². The van der Waals surface area contributed by atoms with Crippen LogP contribution in [0.25, 0.3) is 0 Å². The molecule has 0 fully saturated rings. The second-order valence-electron chi connectivity index (χ2n) is 5.55. The molecule has 2 N–H and O–H groups in total. The molecule has 0 amide bonds. The molecule has 0 radical (unpaired) electrons. The molecule has 0 bridgehead atoms. The minimum atomic E-state index is 0.00837. The van der Waals surface area contributed by atoms with Gasteiger partial charge >= 0.3 is 0 Å². The maximum Gasteiger partial charge on any atom is 0.225 e. The van der Waals surface area contributed by atoms with E-state index in [0.717, 1.165) is 17.9 Å². The van der Waals surface area contributed by atoms with E-state index in [-0.39, 0.29) is 5.54 Å². The lowest BCUT2D eigenvalue weighted by molar-refractivity contribution is 0.629. The summed E-state index contributed by atoms with van der Waals surface area (Å²) in [5, 5.41) is 6.66. The normalized spacial score (nSPS) is 13.3. The van der Waals surface area contributed by atoms with Crippen LogP contribution in [0.15, 0.2) is 6.07 Å². The molecule has 1 unspecified atom stereocenters. The lowest BCUT2D eigenvalue weighted by atomic mass is 10.1. The van der Waals surface area contributed by atoms with Gasteiger partial charge in [0.25, 0.3) is 0 Å². The zero-order valence-corrected chi connectivity index (χ0v) is 11.8. The molecule has 0 saturated heterocycles. The van der Waals surface area contributed by atoms with Crippen LogP contribution in [0.3, 0.4) is 0 Å². The zero-order chi connectivity index (χ0) is 13.1. The fourth-order valence-corrected chi connectivity index (χ4v) is 1.40. The average Bonchev–Trinajstić information content (AvgIpc) is 2.13. The molecule has 0 saturated carbocycles. The van der Waals surface area contributed by atoms with E-state index in [4.69, 9.17) is 0 Å². The standard InChI is InChI=1S/C13H24N4/c1-7-9(2)14-12-15-10(3)8-11(16-12)17-13(4,5)6/h8-9H,7H2,1-6H3,(H2,14,15,16,17). The number of nitrogens with one attached hydrogen (secondary N) is 2. The number of nitrogens with zero attached hydrogens (tertiary/aromatic N) is 2. The van der Waals surface area contributed by atoms with Crippen molar-refractivity contribution in [2.45, 2.75) is 59.5 Å². The Hall–Kier alpha value is -1.32. The minimum Gasteiger partial charge on any atom is -0.365 e. The van der Waals surface area contributed by atoms with Crippen LogP contribution in [-0.2, 0) is 0 Å². The molecular formula is C13H24N4. The zero-order valence-electron chi connectivity index (χ0n) is 11.8. The Morgan fingerprint density at radius 2 is 1.94 bits per heavy atom. The van der Waals surface area contributed by atoms with Gasteiger partial charge in [-0.25, -0.2) is 4.98 Å². The maximum atomic E-state index is 4.47. The molecule has 4 heteroatoms. The van der Waals surface area contributed by atoms with Crippen molar-refractivity contribution >= 4 is 11.8 Å². The van der Waals surface area contributed by atoms with E-state index in [1.807, 2.05) is 13.0 Å². The van der Waals surface area contributed by atoms with Crippen LogP contribution in [0.1, 0.15) is 46.7 Å². The number of hydrogen-bond acceptors (Lipinski definition) is 4. The third kappa shape index (κ3) is 5.02.